The number of Topliss-reactive ketones (excluding diaryl/α,β-unsaturated/α-hetero) is 1. The number of aryl methyl sites for hydroxylation is 2. The molecule has 9 heteroatoms. The smallest absolute Gasteiger partial charge is 0.279 e. The normalized spacial score (nSPS) is 18.1. The Morgan fingerprint density at radius 1 is 1.27 bits per heavy atom. The van der Waals surface area contributed by atoms with Gasteiger partial charge in [-0.2, -0.15) is 0 Å². The van der Waals surface area contributed by atoms with Gasteiger partial charge in [0.2, 0.25) is 0 Å². The molecule has 1 aliphatic heterocycles. The molecule has 0 saturated heterocycles. The Balaban J connectivity index is 1.48. The van der Waals surface area contributed by atoms with E-state index in [4.69, 9.17) is 4.74 Å². The SMILES string of the molecule is CC1Oc2ccc(C(=O)Cn3nnc4sc5c(c4c3=O)CCCC5)cc2N(C)C1=O. The van der Waals surface area contributed by atoms with Gasteiger partial charge in [-0.1, -0.05) is 5.21 Å². The van der Waals surface area contributed by atoms with Crippen LogP contribution >= 0.6 is 11.3 Å². The molecule has 30 heavy (non-hydrogen) atoms. The lowest BCUT2D eigenvalue weighted by atomic mass is 9.97. The fraction of sp³-hybridized carbons (Fsp3) is 0.381. The van der Waals surface area contributed by atoms with E-state index in [0.29, 0.717) is 27.2 Å². The van der Waals surface area contributed by atoms with Gasteiger partial charge in [0.1, 0.15) is 12.3 Å². The van der Waals surface area contributed by atoms with Crippen molar-refractivity contribution in [1.29, 1.82) is 0 Å². The number of hydrogen-bond donors (Lipinski definition) is 0. The summed E-state index contributed by atoms with van der Waals surface area (Å²) >= 11 is 1.53. The van der Waals surface area contributed by atoms with Crippen molar-refractivity contribution in [3.05, 3.63) is 44.6 Å². The van der Waals surface area contributed by atoms with E-state index in [1.54, 1.807) is 32.2 Å². The summed E-state index contributed by atoms with van der Waals surface area (Å²) in [6, 6.07) is 4.93. The van der Waals surface area contributed by atoms with Gasteiger partial charge in [0.15, 0.2) is 16.7 Å². The van der Waals surface area contributed by atoms with Crippen LogP contribution in [0.4, 0.5) is 5.69 Å². The second kappa shape index (κ2) is 7.02. The minimum absolute atomic E-state index is 0.179. The van der Waals surface area contributed by atoms with Gasteiger partial charge in [-0.05, 0) is 56.4 Å². The van der Waals surface area contributed by atoms with E-state index >= 15 is 0 Å². The molecular formula is C21H20N4O4S. The molecule has 2 aliphatic rings. The Hall–Kier alpha value is -3.07. The zero-order chi connectivity index (χ0) is 21.0. The third-order valence-electron chi connectivity index (χ3n) is 5.76. The average molecular weight is 424 g/mol. The summed E-state index contributed by atoms with van der Waals surface area (Å²) in [6.45, 7) is 1.48. The monoisotopic (exact) mass is 424 g/mol. The van der Waals surface area contributed by atoms with Crippen molar-refractivity contribution in [2.45, 2.75) is 45.3 Å². The van der Waals surface area contributed by atoms with Crippen molar-refractivity contribution >= 4 is 38.9 Å². The predicted molar refractivity (Wildman–Crippen MR) is 113 cm³/mol. The number of fused-ring (bicyclic) bond motifs is 4. The van der Waals surface area contributed by atoms with Gasteiger partial charge in [-0.25, -0.2) is 4.68 Å². The van der Waals surface area contributed by atoms with Crippen LogP contribution < -0.4 is 15.2 Å². The summed E-state index contributed by atoms with van der Waals surface area (Å²) in [7, 11) is 1.65. The highest BCUT2D eigenvalue weighted by atomic mass is 32.1. The van der Waals surface area contributed by atoms with Crippen molar-refractivity contribution in [3.8, 4) is 5.75 Å². The van der Waals surface area contributed by atoms with Gasteiger partial charge in [0, 0.05) is 17.5 Å². The maximum Gasteiger partial charge on any atom is 0.279 e. The summed E-state index contributed by atoms with van der Waals surface area (Å²) < 4.78 is 6.74. The molecule has 0 bridgehead atoms. The molecule has 1 atom stereocenters. The molecule has 8 nitrogen and oxygen atoms in total. The van der Waals surface area contributed by atoms with Gasteiger partial charge in [-0.15, -0.1) is 16.4 Å². The molecule has 3 heterocycles. The highest BCUT2D eigenvalue weighted by molar-refractivity contribution is 7.18. The van der Waals surface area contributed by atoms with Crippen LogP contribution in [0.15, 0.2) is 23.0 Å². The summed E-state index contributed by atoms with van der Waals surface area (Å²) in [4.78, 5) is 41.4. The number of likely N-dealkylation sites (N-methyl/N-ethyl adjacent to an activating group) is 1. The molecule has 1 aromatic carbocycles. The largest absolute Gasteiger partial charge is 0.479 e. The second-order valence-corrected chi connectivity index (χ2v) is 8.79. The molecule has 2 aromatic heterocycles. The van der Waals surface area contributed by atoms with E-state index in [1.165, 1.54) is 21.1 Å². The number of hydrogen-bond acceptors (Lipinski definition) is 7. The lowest BCUT2D eigenvalue weighted by molar-refractivity contribution is -0.125. The van der Waals surface area contributed by atoms with Crippen LogP contribution in [0.5, 0.6) is 5.75 Å². The lowest BCUT2D eigenvalue weighted by Gasteiger charge is -2.30. The maximum absolute atomic E-state index is 13.0. The van der Waals surface area contributed by atoms with E-state index < -0.39 is 6.10 Å². The number of nitrogens with zero attached hydrogens (tertiary/aromatic N) is 4. The van der Waals surface area contributed by atoms with E-state index in [-0.39, 0.29) is 23.8 Å². The first-order chi connectivity index (χ1) is 14.4. The van der Waals surface area contributed by atoms with Crippen LogP contribution in [-0.4, -0.2) is 39.8 Å². The predicted octanol–water partition coefficient (Wildman–Crippen LogP) is 2.36. The number of benzene rings is 1. The molecule has 3 aromatic rings. The average Bonchev–Trinajstić information content (AvgIpc) is 3.13. The van der Waals surface area contributed by atoms with Gasteiger partial charge < -0.3 is 9.64 Å². The number of aromatic nitrogens is 3. The van der Waals surface area contributed by atoms with Crippen molar-refractivity contribution in [3.63, 3.8) is 0 Å². The van der Waals surface area contributed by atoms with Crippen molar-refractivity contribution in [1.82, 2.24) is 15.0 Å². The van der Waals surface area contributed by atoms with Gasteiger partial charge in [-0.3, -0.25) is 14.4 Å². The molecule has 1 amide bonds. The Bertz CT molecular complexity index is 1260. The van der Waals surface area contributed by atoms with Crippen molar-refractivity contribution in [2.24, 2.45) is 0 Å². The number of anilines is 1. The Morgan fingerprint density at radius 2 is 2.07 bits per heavy atom. The number of carbonyl (C=O) groups excluding carboxylic acids is 2. The van der Waals surface area contributed by atoms with Gasteiger partial charge in [0.25, 0.3) is 11.5 Å². The van der Waals surface area contributed by atoms with Crippen LogP contribution in [0.25, 0.3) is 10.2 Å². The minimum atomic E-state index is -0.568. The number of rotatable bonds is 3. The van der Waals surface area contributed by atoms with Crippen molar-refractivity contribution in [2.75, 3.05) is 11.9 Å². The molecular weight excluding hydrogens is 404 g/mol. The molecule has 1 aliphatic carbocycles. The van der Waals surface area contributed by atoms with Crippen molar-refractivity contribution < 1.29 is 14.3 Å². The third-order valence-corrected chi connectivity index (χ3v) is 6.94. The topological polar surface area (TPSA) is 94.4 Å². The number of carbonyl (C=O) groups is 2. The highest BCUT2D eigenvalue weighted by Gasteiger charge is 2.29. The number of thiophene rings is 1. The first kappa shape index (κ1) is 18.9. The summed E-state index contributed by atoms with van der Waals surface area (Å²) in [5.41, 5.74) is 1.72. The van der Waals surface area contributed by atoms with E-state index in [2.05, 4.69) is 10.3 Å². The summed E-state index contributed by atoms with van der Waals surface area (Å²) in [6.07, 6.45) is 3.45. The third kappa shape index (κ3) is 2.92. The van der Waals surface area contributed by atoms with Crippen LogP contribution in [0.1, 0.15) is 40.6 Å². The van der Waals surface area contributed by atoms with E-state index in [1.807, 2.05) is 0 Å². The molecule has 0 spiro atoms. The fourth-order valence-electron chi connectivity index (χ4n) is 4.12. The highest BCUT2D eigenvalue weighted by Crippen LogP contribution is 2.35. The molecule has 5 rings (SSSR count). The second-order valence-electron chi connectivity index (χ2n) is 7.71. The zero-order valence-corrected chi connectivity index (χ0v) is 17.5. The molecule has 0 saturated carbocycles. The van der Waals surface area contributed by atoms with Crippen LogP contribution in [-0.2, 0) is 24.2 Å². The number of ether oxygens (including phenoxy) is 1. The van der Waals surface area contributed by atoms with Gasteiger partial charge >= 0.3 is 0 Å². The Labute approximate surface area is 176 Å². The van der Waals surface area contributed by atoms with E-state index in [9.17, 15) is 14.4 Å². The maximum atomic E-state index is 13.0. The van der Waals surface area contributed by atoms with Gasteiger partial charge in [0.05, 0.1) is 11.1 Å². The molecule has 0 radical (unpaired) electrons. The summed E-state index contributed by atoms with van der Waals surface area (Å²) in [5.74, 6) is 0.0865. The Morgan fingerprint density at radius 3 is 2.90 bits per heavy atom. The first-order valence-electron chi connectivity index (χ1n) is 9.93. The molecule has 1 unspecified atom stereocenters. The lowest BCUT2D eigenvalue weighted by Crippen LogP contribution is -2.42. The van der Waals surface area contributed by atoms with Crippen LogP contribution in [0.2, 0.25) is 0 Å². The number of amides is 1. The number of ketones is 1. The zero-order valence-electron chi connectivity index (χ0n) is 16.7. The molecule has 154 valence electrons. The minimum Gasteiger partial charge on any atom is -0.479 e. The van der Waals surface area contributed by atoms with E-state index in [0.717, 1.165) is 35.9 Å². The molecule has 0 fully saturated rings. The van der Waals surface area contributed by atoms with Crippen LogP contribution in [0.3, 0.4) is 0 Å². The van der Waals surface area contributed by atoms with Crippen LogP contribution in [0, 0.1) is 0 Å². The molecule has 0 N–H and O–H groups in total. The Kier molecular flexibility index (Phi) is 4.43. The standard InChI is InChI=1S/C21H20N4O4S/c1-11-20(27)24(2)14-9-12(7-8-16(14)29-11)15(26)10-25-21(28)18-13-5-3-4-6-17(13)30-19(18)22-23-25/h7-9,11H,3-6,10H2,1-2H3. The quantitative estimate of drug-likeness (QED) is 0.599. The fourth-order valence-corrected chi connectivity index (χ4v) is 5.32. The summed E-state index contributed by atoms with van der Waals surface area (Å²) in [5, 5.41) is 8.80. The first-order valence-corrected chi connectivity index (χ1v) is 10.7.